The third-order valence-corrected chi connectivity index (χ3v) is 8.96. The highest BCUT2D eigenvalue weighted by Crippen LogP contribution is 2.39. The molecule has 1 fully saturated rings. The molecular formula is C44H46O10. The maximum Gasteiger partial charge on any atom is 0.340 e. The molecule has 5 aromatic rings. The van der Waals surface area contributed by atoms with Crippen molar-refractivity contribution in [2.24, 2.45) is 0 Å². The highest BCUT2D eigenvalue weighted by molar-refractivity contribution is 5.91. The lowest BCUT2D eigenvalue weighted by Gasteiger charge is -2.45. The molecule has 10 heteroatoms. The molecule has 54 heavy (non-hydrogen) atoms. The molecule has 5 aromatic carbocycles. The molecular weight excluding hydrogens is 688 g/mol. The smallest absolute Gasteiger partial charge is 0.340 e. The first-order valence-corrected chi connectivity index (χ1v) is 17.8. The highest BCUT2D eigenvalue weighted by Gasteiger charge is 2.50. The molecule has 0 saturated carbocycles. The van der Waals surface area contributed by atoms with Crippen LogP contribution >= 0.6 is 0 Å². The van der Waals surface area contributed by atoms with Gasteiger partial charge in [0.05, 0.1) is 59.9 Å². The summed E-state index contributed by atoms with van der Waals surface area (Å²) in [6.07, 6.45) is -4.35. The van der Waals surface area contributed by atoms with Crippen LogP contribution in [0.5, 0.6) is 17.2 Å². The maximum absolute atomic E-state index is 14.0. The molecule has 0 aromatic heterocycles. The minimum atomic E-state index is -1.23. The average Bonchev–Trinajstić information content (AvgIpc) is 3.23. The van der Waals surface area contributed by atoms with Gasteiger partial charge in [0.15, 0.2) is 11.5 Å². The summed E-state index contributed by atoms with van der Waals surface area (Å²) in [6, 6.07) is 42.4. The first kappa shape index (κ1) is 38.5. The van der Waals surface area contributed by atoms with E-state index in [1.807, 2.05) is 121 Å². The van der Waals surface area contributed by atoms with E-state index >= 15 is 0 Å². The molecule has 1 heterocycles. The zero-order valence-corrected chi connectivity index (χ0v) is 30.7. The molecule has 0 N–H and O–H groups in total. The van der Waals surface area contributed by atoms with E-state index in [0.29, 0.717) is 23.9 Å². The number of esters is 1. The number of hydrogen-bond donors (Lipinski definition) is 0. The third kappa shape index (κ3) is 10.2. The van der Waals surface area contributed by atoms with Gasteiger partial charge in [-0.25, -0.2) is 4.79 Å². The molecule has 5 atom stereocenters. The Kier molecular flexibility index (Phi) is 14.1. The Morgan fingerprint density at radius 2 is 0.963 bits per heavy atom. The van der Waals surface area contributed by atoms with E-state index in [0.717, 1.165) is 22.3 Å². The summed E-state index contributed by atoms with van der Waals surface area (Å²) in [5, 5.41) is 0. The van der Waals surface area contributed by atoms with Crippen LogP contribution in [0, 0.1) is 0 Å². The summed E-state index contributed by atoms with van der Waals surface area (Å²) in [6.45, 7) is 1.16. The van der Waals surface area contributed by atoms with Crippen LogP contribution in [0.3, 0.4) is 0 Å². The lowest BCUT2D eigenvalue weighted by atomic mass is 9.97. The van der Waals surface area contributed by atoms with E-state index in [1.165, 1.54) is 33.5 Å². The van der Waals surface area contributed by atoms with Gasteiger partial charge in [-0.05, 0) is 34.4 Å². The molecule has 0 amide bonds. The number of hydrogen-bond acceptors (Lipinski definition) is 10. The first-order chi connectivity index (χ1) is 26.6. The van der Waals surface area contributed by atoms with E-state index in [2.05, 4.69) is 0 Å². The van der Waals surface area contributed by atoms with Crippen molar-refractivity contribution in [3.05, 3.63) is 161 Å². The Balaban J connectivity index is 1.35. The summed E-state index contributed by atoms with van der Waals surface area (Å²) in [4.78, 5) is 14.0. The minimum Gasteiger partial charge on any atom is -0.493 e. The van der Waals surface area contributed by atoms with Crippen molar-refractivity contribution in [2.45, 2.75) is 57.1 Å². The minimum absolute atomic E-state index is 0.114. The Labute approximate surface area is 316 Å². The number of carbonyl (C=O) groups excluding carboxylic acids is 1. The standard InChI is InChI=1S/C44H46O10/c1-46-36-24-35(25-37(47-2)39(36)48-3)43(45)54-44-42(52-29-34-22-14-7-15-23-34)41(51-28-33-20-12-6-13-21-33)40(50-27-32-18-10-5-11-19-32)38(53-44)30-49-26-31-16-8-4-9-17-31/h4-25,38,40-42,44H,26-30H2,1-3H3/t38-,40-,41+,42-,44-/m1/s1. The summed E-state index contributed by atoms with van der Waals surface area (Å²) < 4.78 is 55.7. The van der Waals surface area contributed by atoms with Gasteiger partial charge in [-0.15, -0.1) is 0 Å². The Morgan fingerprint density at radius 3 is 1.41 bits per heavy atom. The monoisotopic (exact) mass is 734 g/mol. The molecule has 1 aliphatic heterocycles. The molecule has 0 aliphatic carbocycles. The van der Waals surface area contributed by atoms with Crippen molar-refractivity contribution >= 4 is 5.97 Å². The first-order valence-electron chi connectivity index (χ1n) is 17.8. The largest absolute Gasteiger partial charge is 0.493 e. The average molecular weight is 735 g/mol. The molecule has 10 nitrogen and oxygen atoms in total. The lowest BCUT2D eigenvalue weighted by molar-refractivity contribution is -0.315. The summed E-state index contributed by atoms with van der Waals surface area (Å²) >= 11 is 0. The topological polar surface area (TPSA) is 100 Å². The quantitative estimate of drug-likeness (QED) is 0.0839. The predicted molar refractivity (Wildman–Crippen MR) is 201 cm³/mol. The molecule has 0 radical (unpaired) electrons. The Hall–Kier alpha value is -5.23. The van der Waals surface area contributed by atoms with Crippen molar-refractivity contribution in [1.29, 1.82) is 0 Å². The van der Waals surface area contributed by atoms with E-state index in [9.17, 15) is 4.79 Å². The predicted octanol–water partition coefficient (Wildman–Crippen LogP) is 7.57. The number of methoxy groups -OCH3 is 3. The van der Waals surface area contributed by atoms with Gasteiger partial charge in [-0.2, -0.15) is 0 Å². The highest BCUT2D eigenvalue weighted by atomic mass is 16.7. The van der Waals surface area contributed by atoms with E-state index in [-0.39, 0.29) is 32.0 Å². The lowest BCUT2D eigenvalue weighted by Crippen LogP contribution is -2.62. The van der Waals surface area contributed by atoms with Crippen molar-refractivity contribution in [1.82, 2.24) is 0 Å². The van der Waals surface area contributed by atoms with Crippen molar-refractivity contribution < 1.29 is 47.4 Å². The molecule has 1 saturated heterocycles. The number of carbonyl (C=O) groups is 1. The Bertz CT molecular complexity index is 1830. The van der Waals surface area contributed by atoms with Gasteiger partial charge >= 0.3 is 5.97 Å². The molecule has 6 rings (SSSR count). The van der Waals surface area contributed by atoms with Gasteiger partial charge in [-0.3, -0.25) is 0 Å². The molecule has 1 aliphatic rings. The van der Waals surface area contributed by atoms with Crippen LogP contribution in [0.2, 0.25) is 0 Å². The van der Waals surface area contributed by atoms with Crippen molar-refractivity contribution in [3.63, 3.8) is 0 Å². The van der Waals surface area contributed by atoms with Crippen LogP contribution < -0.4 is 14.2 Å². The van der Waals surface area contributed by atoms with Gasteiger partial charge in [0.2, 0.25) is 12.0 Å². The van der Waals surface area contributed by atoms with Crippen LogP contribution in [-0.4, -0.2) is 64.6 Å². The molecule has 0 unspecified atom stereocenters. The second kappa shape index (κ2) is 19.7. The van der Waals surface area contributed by atoms with Crippen LogP contribution in [0.1, 0.15) is 32.6 Å². The third-order valence-electron chi connectivity index (χ3n) is 8.96. The van der Waals surface area contributed by atoms with Crippen molar-refractivity contribution in [2.75, 3.05) is 27.9 Å². The van der Waals surface area contributed by atoms with Gasteiger partial charge in [0.25, 0.3) is 0 Å². The van der Waals surface area contributed by atoms with Crippen LogP contribution in [0.4, 0.5) is 0 Å². The molecule has 0 spiro atoms. The van der Waals surface area contributed by atoms with Gasteiger partial charge in [-0.1, -0.05) is 121 Å². The summed E-state index contributed by atoms with van der Waals surface area (Å²) in [5.41, 5.74) is 4.01. The molecule has 0 bridgehead atoms. The molecule has 282 valence electrons. The van der Waals surface area contributed by atoms with E-state index < -0.39 is 36.7 Å². The fraction of sp³-hybridized carbons (Fsp3) is 0.295. The van der Waals surface area contributed by atoms with E-state index in [4.69, 9.17) is 42.6 Å². The normalized spacial score (nSPS) is 19.5. The zero-order chi connectivity index (χ0) is 37.5. The van der Waals surface area contributed by atoms with E-state index in [1.54, 1.807) is 0 Å². The number of ether oxygens (including phenoxy) is 9. The maximum atomic E-state index is 14.0. The van der Waals surface area contributed by atoms with Crippen molar-refractivity contribution in [3.8, 4) is 17.2 Å². The Morgan fingerprint density at radius 1 is 0.537 bits per heavy atom. The van der Waals surface area contributed by atoms with Gasteiger partial charge in [0.1, 0.15) is 24.4 Å². The summed E-state index contributed by atoms with van der Waals surface area (Å²) in [5.74, 6) is 0.256. The fourth-order valence-electron chi connectivity index (χ4n) is 6.21. The van der Waals surface area contributed by atoms with Crippen LogP contribution in [0.15, 0.2) is 133 Å². The number of rotatable bonds is 18. The second-order valence-corrected chi connectivity index (χ2v) is 12.6. The van der Waals surface area contributed by atoms with Gasteiger partial charge in [0, 0.05) is 0 Å². The van der Waals surface area contributed by atoms with Crippen LogP contribution in [0.25, 0.3) is 0 Å². The second-order valence-electron chi connectivity index (χ2n) is 12.6. The zero-order valence-electron chi connectivity index (χ0n) is 30.7. The van der Waals surface area contributed by atoms with Gasteiger partial charge < -0.3 is 42.6 Å². The van der Waals surface area contributed by atoms with Crippen LogP contribution in [-0.2, 0) is 54.8 Å². The summed E-state index contributed by atoms with van der Waals surface area (Å²) in [7, 11) is 4.46. The fourth-order valence-corrected chi connectivity index (χ4v) is 6.21. The SMILES string of the molecule is COc1cc(C(=O)O[C@H]2O[C@H](COCc3ccccc3)[C@@H](OCc3ccccc3)[C@H](OCc3ccccc3)[C@H]2OCc2ccccc2)cc(OC)c1OC. The number of benzene rings is 5.